The molecule has 0 unspecified atom stereocenters. The van der Waals surface area contributed by atoms with Crippen molar-refractivity contribution in [2.45, 2.75) is 38.8 Å². The number of furan rings is 1. The summed E-state index contributed by atoms with van der Waals surface area (Å²) in [4.78, 5) is 27.2. The number of halogens is 1. The summed E-state index contributed by atoms with van der Waals surface area (Å²) in [6.07, 6.45) is 3.82. The molecule has 0 saturated carbocycles. The Labute approximate surface area is 191 Å². The first kappa shape index (κ1) is 21.0. The summed E-state index contributed by atoms with van der Waals surface area (Å²) in [5, 5.41) is 0.542. The minimum Gasteiger partial charge on any atom is -0.495 e. The maximum Gasteiger partial charge on any atom is 0.255 e. The number of hydrogen-bond donors (Lipinski definition) is 1. The smallest absolute Gasteiger partial charge is 0.255 e. The number of rotatable bonds is 5. The van der Waals surface area contributed by atoms with Crippen molar-refractivity contribution in [3.05, 3.63) is 68.6 Å². The fourth-order valence-corrected chi connectivity index (χ4v) is 4.56. The summed E-state index contributed by atoms with van der Waals surface area (Å²) < 4.78 is 11.3. The van der Waals surface area contributed by atoms with Crippen LogP contribution in [0.3, 0.4) is 0 Å². The van der Waals surface area contributed by atoms with E-state index in [0.717, 1.165) is 72.8 Å². The number of ether oxygens (including phenoxy) is 1. The Kier molecular flexibility index (Phi) is 5.85. The number of aromatic nitrogens is 2. The minimum absolute atomic E-state index is 0.0593. The standard InChI is InChI=1S/C24H25ClN4O3/c1-31-22-7-5-15(12-18(22)25)21-8-6-16(32-21)13-29-11-9-19-17(14-29)24(30)28-23(27-19)20-4-2-3-10-26-20/h5-8,12H,2-4,9-11,13-14H2,1H3,(H,27,28,30). The van der Waals surface area contributed by atoms with Crippen molar-refractivity contribution in [1.29, 1.82) is 0 Å². The van der Waals surface area contributed by atoms with Crippen LogP contribution in [-0.4, -0.2) is 40.8 Å². The van der Waals surface area contributed by atoms with E-state index in [4.69, 9.17) is 25.7 Å². The molecule has 0 aliphatic carbocycles. The predicted octanol–water partition coefficient (Wildman–Crippen LogP) is 4.22. The molecule has 1 N–H and O–H groups in total. The van der Waals surface area contributed by atoms with Crippen LogP contribution < -0.4 is 10.3 Å². The molecular formula is C24H25ClN4O3. The first-order chi connectivity index (χ1) is 15.6. The van der Waals surface area contributed by atoms with E-state index in [2.05, 4.69) is 14.9 Å². The number of methoxy groups -OCH3 is 1. The number of hydrogen-bond acceptors (Lipinski definition) is 6. The fourth-order valence-electron chi connectivity index (χ4n) is 4.30. The van der Waals surface area contributed by atoms with Crippen LogP contribution in [0.25, 0.3) is 11.3 Å². The van der Waals surface area contributed by atoms with E-state index < -0.39 is 0 Å². The Morgan fingerprint density at radius 3 is 2.91 bits per heavy atom. The molecule has 32 heavy (non-hydrogen) atoms. The van der Waals surface area contributed by atoms with Crippen LogP contribution in [0.15, 0.2) is 44.5 Å². The van der Waals surface area contributed by atoms with Crippen molar-refractivity contribution in [3.63, 3.8) is 0 Å². The molecule has 3 aromatic rings. The predicted molar refractivity (Wildman–Crippen MR) is 124 cm³/mol. The van der Waals surface area contributed by atoms with E-state index in [1.165, 1.54) is 0 Å². The largest absolute Gasteiger partial charge is 0.495 e. The van der Waals surface area contributed by atoms with Gasteiger partial charge in [-0.05, 0) is 49.6 Å². The Morgan fingerprint density at radius 2 is 2.12 bits per heavy atom. The molecule has 2 aliphatic heterocycles. The molecule has 0 fully saturated rings. The molecule has 166 valence electrons. The van der Waals surface area contributed by atoms with Gasteiger partial charge in [0.1, 0.15) is 17.3 Å². The van der Waals surface area contributed by atoms with E-state index in [1.54, 1.807) is 7.11 Å². The average Bonchev–Trinajstić information content (AvgIpc) is 3.28. The maximum absolute atomic E-state index is 12.8. The van der Waals surface area contributed by atoms with Crippen LogP contribution in [0.5, 0.6) is 5.75 Å². The quantitative estimate of drug-likeness (QED) is 0.626. The molecule has 7 nitrogen and oxygen atoms in total. The SMILES string of the molecule is COc1ccc(-c2ccc(CN3CCc4nc(C5=NCCCC5)[nH]c(=O)c4C3)o2)cc1Cl. The molecule has 8 heteroatoms. The van der Waals surface area contributed by atoms with Crippen LogP contribution in [0, 0.1) is 0 Å². The number of benzene rings is 1. The summed E-state index contributed by atoms with van der Waals surface area (Å²) in [5.41, 5.74) is 3.40. The highest BCUT2D eigenvalue weighted by Crippen LogP contribution is 2.31. The van der Waals surface area contributed by atoms with Gasteiger partial charge in [0.2, 0.25) is 0 Å². The average molecular weight is 453 g/mol. The summed E-state index contributed by atoms with van der Waals surface area (Å²) in [6, 6.07) is 9.49. The molecule has 2 aromatic heterocycles. The van der Waals surface area contributed by atoms with Crippen molar-refractivity contribution in [2.75, 3.05) is 20.2 Å². The number of nitrogens with zero attached hydrogens (tertiary/aromatic N) is 3. The molecule has 0 bridgehead atoms. The van der Waals surface area contributed by atoms with E-state index in [-0.39, 0.29) is 5.56 Å². The highest BCUT2D eigenvalue weighted by molar-refractivity contribution is 6.32. The van der Waals surface area contributed by atoms with Crippen LogP contribution in [0.1, 0.15) is 42.1 Å². The number of fused-ring (bicyclic) bond motifs is 1. The highest BCUT2D eigenvalue weighted by atomic mass is 35.5. The van der Waals surface area contributed by atoms with Crippen LogP contribution in [0.2, 0.25) is 5.02 Å². The number of nitrogens with one attached hydrogen (secondary N) is 1. The lowest BCUT2D eigenvalue weighted by Crippen LogP contribution is -2.36. The van der Waals surface area contributed by atoms with Gasteiger partial charge in [-0.1, -0.05) is 11.6 Å². The highest BCUT2D eigenvalue weighted by Gasteiger charge is 2.23. The Morgan fingerprint density at radius 1 is 1.22 bits per heavy atom. The van der Waals surface area contributed by atoms with Crippen LogP contribution in [0.4, 0.5) is 0 Å². The lowest BCUT2D eigenvalue weighted by molar-refractivity contribution is 0.223. The van der Waals surface area contributed by atoms with Crippen molar-refractivity contribution >= 4 is 17.3 Å². The van der Waals surface area contributed by atoms with Gasteiger partial charge in [0.25, 0.3) is 5.56 Å². The van der Waals surface area contributed by atoms with Crippen LogP contribution >= 0.6 is 11.6 Å². The van der Waals surface area contributed by atoms with E-state index in [0.29, 0.717) is 29.7 Å². The van der Waals surface area contributed by atoms with Crippen molar-refractivity contribution in [1.82, 2.24) is 14.9 Å². The maximum atomic E-state index is 12.8. The van der Waals surface area contributed by atoms with Crippen molar-refractivity contribution in [3.8, 4) is 17.1 Å². The molecule has 0 atom stereocenters. The van der Waals surface area contributed by atoms with Gasteiger partial charge in [0.15, 0.2) is 5.82 Å². The lowest BCUT2D eigenvalue weighted by atomic mass is 10.1. The normalized spacial score (nSPS) is 16.5. The van der Waals surface area contributed by atoms with Gasteiger partial charge >= 0.3 is 0 Å². The van der Waals surface area contributed by atoms with Gasteiger partial charge in [-0.25, -0.2) is 4.98 Å². The first-order valence-electron chi connectivity index (χ1n) is 10.9. The molecule has 0 spiro atoms. The molecule has 5 rings (SSSR count). The summed E-state index contributed by atoms with van der Waals surface area (Å²) in [6.45, 7) is 2.81. The fraction of sp³-hybridized carbons (Fsp3) is 0.375. The summed E-state index contributed by atoms with van der Waals surface area (Å²) in [7, 11) is 1.59. The van der Waals surface area contributed by atoms with Crippen molar-refractivity contribution in [2.24, 2.45) is 4.99 Å². The van der Waals surface area contributed by atoms with Gasteiger partial charge in [0, 0.05) is 31.6 Å². The molecule has 4 heterocycles. The Balaban J connectivity index is 1.30. The summed E-state index contributed by atoms with van der Waals surface area (Å²) >= 11 is 6.24. The minimum atomic E-state index is -0.0593. The second-order valence-electron chi connectivity index (χ2n) is 8.20. The topological polar surface area (TPSA) is 83.7 Å². The monoisotopic (exact) mass is 452 g/mol. The molecule has 1 aromatic carbocycles. The number of aromatic amines is 1. The van der Waals surface area contributed by atoms with Crippen molar-refractivity contribution < 1.29 is 9.15 Å². The van der Waals surface area contributed by atoms with Gasteiger partial charge in [0.05, 0.1) is 35.6 Å². The van der Waals surface area contributed by atoms with Gasteiger partial charge in [-0.15, -0.1) is 0 Å². The second kappa shape index (κ2) is 8.92. The number of H-pyrrole nitrogens is 1. The Bertz CT molecular complexity index is 1230. The van der Waals surface area contributed by atoms with E-state index >= 15 is 0 Å². The number of aliphatic imine (C=N–C) groups is 1. The molecule has 0 saturated heterocycles. The van der Waals surface area contributed by atoms with Gasteiger partial charge < -0.3 is 14.1 Å². The van der Waals surface area contributed by atoms with Gasteiger partial charge in [-0.3, -0.25) is 14.7 Å². The zero-order chi connectivity index (χ0) is 22.1. The third-order valence-corrected chi connectivity index (χ3v) is 6.32. The van der Waals surface area contributed by atoms with Crippen LogP contribution in [-0.2, 0) is 19.5 Å². The third-order valence-electron chi connectivity index (χ3n) is 6.02. The molecular weight excluding hydrogens is 428 g/mol. The molecule has 0 radical (unpaired) electrons. The zero-order valence-electron chi connectivity index (χ0n) is 18.0. The summed E-state index contributed by atoms with van der Waals surface area (Å²) in [5.74, 6) is 2.87. The molecule has 0 amide bonds. The zero-order valence-corrected chi connectivity index (χ0v) is 18.7. The lowest BCUT2D eigenvalue weighted by Gasteiger charge is -2.27. The molecule has 2 aliphatic rings. The first-order valence-corrected chi connectivity index (χ1v) is 11.3. The van der Waals surface area contributed by atoms with E-state index in [9.17, 15) is 4.79 Å². The van der Waals surface area contributed by atoms with E-state index in [1.807, 2.05) is 30.3 Å². The van der Waals surface area contributed by atoms with Gasteiger partial charge in [-0.2, -0.15) is 0 Å². The second-order valence-corrected chi connectivity index (χ2v) is 8.61. The third kappa shape index (κ3) is 4.23. The Hall–Kier alpha value is -2.90.